The van der Waals surface area contributed by atoms with Crippen LogP contribution in [0.15, 0.2) is 22.7 Å². The number of carbonyl (C=O) groups excluding carboxylic acids is 2. The number of carbonyl (C=O) groups is 2. The molecule has 1 aromatic heterocycles. The summed E-state index contributed by atoms with van der Waals surface area (Å²) in [4.78, 5) is 25.3. The number of amides is 1. The quantitative estimate of drug-likeness (QED) is 0.482. The number of Topliss-reactive ketones (excluding diaryl/α,β-unsaturated/α-hetero) is 1. The van der Waals surface area contributed by atoms with Gasteiger partial charge in [-0.05, 0) is 36.8 Å². The van der Waals surface area contributed by atoms with Crippen LogP contribution >= 0.6 is 0 Å². The van der Waals surface area contributed by atoms with Crippen molar-refractivity contribution in [2.45, 2.75) is 44.9 Å². The van der Waals surface area contributed by atoms with Gasteiger partial charge in [0.2, 0.25) is 11.7 Å². The van der Waals surface area contributed by atoms with E-state index >= 15 is 0 Å². The van der Waals surface area contributed by atoms with Gasteiger partial charge in [0.15, 0.2) is 17.4 Å². The Morgan fingerprint density at radius 3 is 3.04 bits per heavy atom. The highest BCUT2D eigenvalue weighted by Crippen LogP contribution is 2.52. The average Bonchev–Trinajstić information content (AvgIpc) is 3.24. The van der Waals surface area contributed by atoms with Crippen molar-refractivity contribution in [2.75, 3.05) is 6.54 Å². The zero-order valence-electron chi connectivity index (χ0n) is 15.2. The Morgan fingerprint density at radius 1 is 1.41 bits per heavy atom. The van der Waals surface area contributed by atoms with Crippen molar-refractivity contribution in [2.24, 2.45) is 5.92 Å². The van der Waals surface area contributed by atoms with Crippen LogP contribution in [0.3, 0.4) is 0 Å². The molecular weight excluding hydrogens is 342 g/mol. The van der Waals surface area contributed by atoms with E-state index in [1.54, 1.807) is 0 Å². The molecule has 2 atom stereocenters. The SMILES string of the molecule is CCCCNC(=O)C(C#N)C(=O)c1noc2c1C1CCCc3cccc-2c31. The second-order valence-corrected chi connectivity index (χ2v) is 7.17. The van der Waals surface area contributed by atoms with Crippen LogP contribution in [0.25, 0.3) is 11.3 Å². The molecule has 6 nitrogen and oxygen atoms in total. The lowest BCUT2D eigenvalue weighted by molar-refractivity contribution is -0.122. The molecule has 138 valence electrons. The van der Waals surface area contributed by atoms with Crippen LogP contribution in [0.1, 0.15) is 65.7 Å². The van der Waals surface area contributed by atoms with Gasteiger partial charge in [-0.15, -0.1) is 0 Å². The van der Waals surface area contributed by atoms with Crippen LogP contribution < -0.4 is 5.32 Å². The first kappa shape index (κ1) is 17.5. The van der Waals surface area contributed by atoms with E-state index in [9.17, 15) is 14.9 Å². The number of unbranched alkanes of at least 4 members (excludes halogenated alkanes) is 1. The van der Waals surface area contributed by atoms with Gasteiger partial charge in [0.1, 0.15) is 0 Å². The fourth-order valence-corrected chi connectivity index (χ4v) is 4.23. The summed E-state index contributed by atoms with van der Waals surface area (Å²) in [5, 5.41) is 16.1. The topological polar surface area (TPSA) is 96.0 Å². The molecule has 2 unspecified atom stereocenters. The first-order valence-electron chi connectivity index (χ1n) is 9.50. The lowest BCUT2D eigenvalue weighted by Gasteiger charge is -2.22. The second kappa shape index (κ2) is 6.99. The fraction of sp³-hybridized carbons (Fsp3) is 0.429. The molecule has 4 rings (SSSR count). The van der Waals surface area contributed by atoms with E-state index in [4.69, 9.17) is 4.52 Å². The number of hydrogen-bond donors (Lipinski definition) is 1. The van der Waals surface area contributed by atoms with E-state index in [0.29, 0.717) is 12.3 Å². The maximum atomic E-state index is 13.0. The average molecular weight is 363 g/mol. The van der Waals surface area contributed by atoms with Crippen molar-refractivity contribution in [1.29, 1.82) is 5.26 Å². The Labute approximate surface area is 157 Å². The number of nitriles is 1. The lowest BCUT2D eigenvalue weighted by atomic mass is 9.81. The van der Waals surface area contributed by atoms with Gasteiger partial charge < -0.3 is 9.84 Å². The van der Waals surface area contributed by atoms with Gasteiger partial charge in [0, 0.05) is 23.6 Å². The number of nitrogens with one attached hydrogen (secondary N) is 1. The first-order valence-corrected chi connectivity index (χ1v) is 9.50. The maximum Gasteiger partial charge on any atom is 0.245 e. The predicted molar refractivity (Wildman–Crippen MR) is 98.1 cm³/mol. The number of hydrogen-bond acceptors (Lipinski definition) is 5. The first-order chi connectivity index (χ1) is 13.2. The van der Waals surface area contributed by atoms with Gasteiger partial charge in [0.25, 0.3) is 0 Å². The summed E-state index contributed by atoms with van der Waals surface area (Å²) >= 11 is 0. The Kier molecular flexibility index (Phi) is 4.53. The van der Waals surface area contributed by atoms with E-state index < -0.39 is 17.6 Å². The van der Waals surface area contributed by atoms with E-state index in [1.165, 1.54) is 11.1 Å². The summed E-state index contributed by atoms with van der Waals surface area (Å²) in [5.74, 6) is -1.86. The van der Waals surface area contributed by atoms with Crippen LogP contribution in [-0.2, 0) is 11.2 Å². The van der Waals surface area contributed by atoms with Crippen molar-refractivity contribution < 1.29 is 14.1 Å². The molecule has 1 amide bonds. The Bertz CT molecular complexity index is 954. The molecule has 6 heteroatoms. The zero-order chi connectivity index (χ0) is 19.0. The molecule has 0 spiro atoms. The van der Waals surface area contributed by atoms with Gasteiger partial charge in [-0.3, -0.25) is 9.59 Å². The van der Waals surface area contributed by atoms with Gasteiger partial charge in [-0.2, -0.15) is 5.26 Å². The van der Waals surface area contributed by atoms with Gasteiger partial charge in [0.05, 0.1) is 6.07 Å². The molecule has 27 heavy (non-hydrogen) atoms. The smallest absolute Gasteiger partial charge is 0.245 e. The summed E-state index contributed by atoms with van der Waals surface area (Å²) in [6, 6.07) is 7.94. The molecule has 0 bridgehead atoms. The van der Waals surface area contributed by atoms with E-state index in [0.717, 1.165) is 43.2 Å². The molecule has 0 radical (unpaired) electrons. The fourth-order valence-electron chi connectivity index (χ4n) is 4.23. The van der Waals surface area contributed by atoms with Crippen molar-refractivity contribution >= 4 is 11.7 Å². The number of aryl methyl sites for hydroxylation is 1. The third-order valence-electron chi connectivity index (χ3n) is 5.52. The molecule has 1 heterocycles. The predicted octanol–water partition coefficient (Wildman–Crippen LogP) is 3.36. The zero-order valence-corrected chi connectivity index (χ0v) is 15.2. The normalized spacial score (nSPS) is 17.6. The molecular formula is C21H21N3O3. The minimum atomic E-state index is -1.40. The van der Waals surface area contributed by atoms with Crippen molar-refractivity contribution in [3.63, 3.8) is 0 Å². The van der Waals surface area contributed by atoms with Crippen molar-refractivity contribution in [3.8, 4) is 17.4 Å². The van der Waals surface area contributed by atoms with E-state index in [-0.39, 0.29) is 11.6 Å². The second-order valence-electron chi connectivity index (χ2n) is 7.17. The lowest BCUT2D eigenvalue weighted by Crippen LogP contribution is -2.35. The highest BCUT2D eigenvalue weighted by molar-refractivity contribution is 6.12. The molecule has 1 N–H and O–H groups in total. The molecule has 2 aliphatic rings. The van der Waals surface area contributed by atoms with Crippen LogP contribution in [-0.4, -0.2) is 23.4 Å². The summed E-state index contributed by atoms with van der Waals surface area (Å²) in [6.07, 6.45) is 4.68. The summed E-state index contributed by atoms with van der Waals surface area (Å²) in [6.45, 7) is 2.46. The van der Waals surface area contributed by atoms with Gasteiger partial charge in [-0.1, -0.05) is 36.7 Å². The number of nitrogens with zero attached hydrogens (tertiary/aromatic N) is 2. The Balaban J connectivity index is 1.67. The minimum Gasteiger partial charge on any atom is -0.355 e. The van der Waals surface area contributed by atoms with Gasteiger partial charge in [-0.25, -0.2) is 0 Å². The Hall–Kier alpha value is -2.94. The van der Waals surface area contributed by atoms with Crippen LogP contribution in [0.5, 0.6) is 0 Å². The number of rotatable bonds is 6. The molecule has 0 fully saturated rings. The summed E-state index contributed by atoms with van der Waals surface area (Å²) in [7, 11) is 0. The van der Waals surface area contributed by atoms with E-state index in [2.05, 4.69) is 16.5 Å². The highest BCUT2D eigenvalue weighted by atomic mass is 16.5. The standard InChI is InChI=1S/C21H21N3O3/c1-2-3-10-23-21(26)15(11-22)19(25)18-17-13-8-4-6-12-7-5-9-14(16(12)13)20(17)27-24-18/h5,7,9,13,15H,2-4,6,8,10H2,1H3,(H,23,26). The number of benzene rings is 1. The molecule has 0 saturated heterocycles. The van der Waals surface area contributed by atoms with Crippen LogP contribution in [0.4, 0.5) is 0 Å². The molecule has 2 aliphatic carbocycles. The largest absolute Gasteiger partial charge is 0.355 e. The van der Waals surface area contributed by atoms with Crippen molar-refractivity contribution in [3.05, 3.63) is 40.6 Å². The molecule has 1 aromatic carbocycles. The number of ketones is 1. The van der Waals surface area contributed by atoms with Crippen LogP contribution in [0.2, 0.25) is 0 Å². The number of fused-ring (bicyclic) bond motifs is 3. The Morgan fingerprint density at radius 2 is 2.26 bits per heavy atom. The monoisotopic (exact) mass is 363 g/mol. The minimum absolute atomic E-state index is 0.0626. The third kappa shape index (κ3) is 2.74. The van der Waals surface area contributed by atoms with Gasteiger partial charge >= 0.3 is 0 Å². The maximum absolute atomic E-state index is 13.0. The number of aromatic nitrogens is 1. The summed E-state index contributed by atoms with van der Waals surface area (Å²) < 4.78 is 5.53. The highest BCUT2D eigenvalue weighted by Gasteiger charge is 2.42. The molecule has 0 aliphatic heterocycles. The van der Waals surface area contributed by atoms with Crippen LogP contribution in [0, 0.1) is 17.2 Å². The third-order valence-corrected chi connectivity index (χ3v) is 5.52. The van der Waals surface area contributed by atoms with E-state index in [1.807, 2.05) is 25.1 Å². The molecule has 0 saturated carbocycles. The molecule has 2 aromatic rings. The van der Waals surface area contributed by atoms with Crippen molar-refractivity contribution in [1.82, 2.24) is 10.5 Å². The summed E-state index contributed by atoms with van der Waals surface area (Å²) in [5.41, 5.74) is 4.37.